The van der Waals surface area contributed by atoms with Crippen molar-refractivity contribution in [2.45, 2.75) is 51.2 Å². The predicted octanol–water partition coefficient (Wildman–Crippen LogP) is 3.76. The Morgan fingerprint density at radius 1 is 1.27 bits per heavy atom. The van der Waals surface area contributed by atoms with E-state index in [2.05, 4.69) is 0 Å². The molecule has 0 saturated heterocycles. The van der Waals surface area contributed by atoms with Gasteiger partial charge in [0.15, 0.2) is 0 Å². The van der Waals surface area contributed by atoms with Crippen LogP contribution in [0.15, 0.2) is 36.1 Å². The Labute approximate surface area is 182 Å². The van der Waals surface area contributed by atoms with Gasteiger partial charge in [-0.2, -0.15) is 11.8 Å². The molecule has 1 aliphatic rings. The van der Waals surface area contributed by atoms with E-state index in [-0.39, 0.29) is 36.2 Å². The molecule has 1 fully saturated rings. The van der Waals surface area contributed by atoms with E-state index in [0.717, 1.165) is 22.6 Å². The number of carboxylic acid groups (broad SMARTS) is 1. The fourth-order valence-corrected chi connectivity index (χ4v) is 4.87. The fraction of sp³-hybridized carbons (Fsp3) is 0.565. The van der Waals surface area contributed by atoms with Gasteiger partial charge in [-0.1, -0.05) is 24.3 Å². The number of hydrogen-bond acceptors (Lipinski definition) is 6. The van der Waals surface area contributed by atoms with Crippen molar-refractivity contribution in [1.29, 1.82) is 0 Å². The van der Waals surface area contributed by atoms with Gasteiger partial charge >= 0.3 is 5.97 Å². The van der Waals surface area contributed by atoms with Crippen LogP contribution in [0, 0.1) is 11.8 Å². The van der Waals surface area contributed by atoms with Crippen LogP contribution in [0.4, 0.5) is 0 Å². The number of carbonyl (C=O) groups is 2. The Kier molecular flexibility index (Phi) is 10.4. The monoisotopic (exact) mass is 436 g/mol. The number of aliphatic hydroxyl groups is 2. The van der Waals surface area contributed by atoms with Crippen molar-refractivity contribution in [3.8, 4) is 0 Å². The second-order valence-electron chi connectivity index (χ2n) is 7.77. The third-order valence-electron chi connectivity index (χ3n) is 5.40. The van der Waals surface area contributed by atoms with E-state index in [9.17, 15) is 19.8 Å². The van der Waals surface area contributed by atoms with Crippen LogP contribution >= 0.6 is 11.8 Å². The van der Waals surface area contributed by atoms with Crippen molar-refractivity contribution in [2.75, 3.05) is 18.6 Å². The highest BCUT2D eigenvalue weighted by Crippen LogP contribution is 2.35. The molecule has 1 aromatic carbocycles. The topological polar surface area (TPSA) is 104 Å². The molecule has 7 heteroatoms. The second kappa shape index (κ2) is 12.8. The minimum absolute atomic E-state index is 0.0822. The van der Waals surface area contributed by atoms with Gasteiger partial charge in [0.25, 0.3) is 0 Å². The summed E-state index contributed by atoms with van der Waals surface area (Å²) in [6.45, 7) is 0.519. The molecule has 30 heavy (non-hydrogen) atoms. The molecule has 3 atom stereocenters. The van der Waals surface area contributed by atoms with E-state index in [0.29, 0.717) is 32.3 Å². The lowest BCUT2D eigenvalue weighted by Crippen LogP contribution is -2.21. The molecule has 0 spiro atoms. The van der Waals surface area contributed by atoms with Gasteiger partial charge < -0.3 is 20.1 Å². The zero-order chi connectivity index (χ0) is 21.9. The summed E-state index contributed by atoms with van der Waals surface area (Å²) in [7, 11) is 1.64. The lowest BCUT2D eigenvalue weighted by Gasteiger charge is -2.19. The van der Waals surface area contributed by atoms with Gasteiger partial charge in [0, 0.05) is 32.3 Å². The van der Waals surface area contributed by atoms with E-state index < -0.39 is 12.1 Å². The summed E-state index contributed by atoms with van der Waals surface area (Å²) in [6, 6.07) is 7.84. The van der Waals surface area contributed by atoms with Crippen LogP contribution in [0.2, 0.25) is 0 Å². The van der Waals surface area contributed by atoms with Gasteiger partial charge in [-0.3, -0.25) is 9.59 Å². The second-order valence-corrected chi connectivity index (χ2v) is 8.99. The number of allylic oxidation sites excluding steroid dienone is 2. The largest absolute Gasteiger partial charge is 0.512 e. The zero-order valence-corrected chi connectivity index (χ0v) is 18.3. The maximum absolute atomic E-state index is 12.3. The van der Waals surface area contributed by atoms with Crippen molar-refractivity contribution in [3.05, 3.63) is 47.2 Å². The van der Waals surface area contributed by atoms with Crippen LogP contribution in [0.25, 0.3) is 0 Å². The molecule has 0 aromatic heterocycles. The third-order valence-corrected chi connectivity index (χ3v) is 6.50. The molecule has 0 heterocycles. The summed E-state index contributed by atoms with van der Waals surface area (Å²) in [5.74, 6) is 0.656. The van der Waals surface area contributed by atoms with Gasteiger partial charge in [0.1, 0.15) is 5.78 Å². The summed E-state index contributed by atoms with van der Waals surface area (Å²) in [4.78, 5) is 22.8. The molecule has 3 N–H and O–H groups in total. The first-order chi connectivity index (χ1) is 14.4. The number of aliphatic carboxylic acids is 1. The maximum atomic E-state index is 12.3. The summed E-state index contributed by atoms with van der Waals surface area (Å²) >= 11 is 1.65. The molecule has 6 nitrogen and oxygen atoms in total. The van der Waals surface area contributed by atoms with E-state index in [1.807, 2.05) is 24.3 Å². The molecule has 1 aromatic rings. The molecule has 3 unspecified atom stereocenters. The number of aliphatic hydroxyl groups excluding tert-OH is 2. The van der Waals surface area contributed by atoms with Crippen LogP contribution in [-0.4, -0.2) is 51.8 Å². The SMILES string of the molecule is COCc1cccc(C/C(O)=C/CC2C(O)CC(=O)C2CCSCCCC(=O)O)c1. The number of ketones is 1. The zero-order valence-electron chi connectivity index (χ0n) is 17.5. The van der Waals surface area contributed by atoms with Crippen molar-refractivity contribution in [1.82, 2.24) is 0 Å². The number of Topliss-reactive ketones (excluding diaryl/α,β-unsaturated/α-hetero) is 1. The van der Waals surface area contributed by atoms with Gasteiger partial charge in [-0.05, 0) is 53.9 Å². The van der Waals surface area contributed by atoms with Gasteiger partial charge in [-0.15, -0.1) is 0 Å². The minimum Gasteiger partial charge on any atom is -0.512 e. The van der Waals surface area contributed by atoms with Crippen LogP contribution < -0.4 is 0 Å². The van der Waals surface area contributed by atoms with E-state index in [1.54, 1.807) is 24.9 Å². The minimum atomic E-state index is -0.790. The maximum Gasteiger partial charge on any atom is 0.303 e. The van der Waals surface area contributed by atoms with Crippen molar-refractivity contribution < 1.29 is 29.6 Å². The number of hydrogen-bond donors (Lipinski definition) is 3. The van der Waals surface area contributed by atoms with Crippen molar-refractivity contribution in [3.63, 3.8) is 0 Å². The average molecular weight is 437 g/mol. The predicted molar refractivity (Wildman–Crippen MR) is 118 cm³/mol. The number of ether oxygens (including phenoxy) is 1. The molecule has 0 aliphatic heterocycles. The Morgan fingerprint density at radius 2 is 2.03 bits per heavy atom. The van der Waals surface area contributed by atoms with E-state index in [1.165, 1.54) is 0 Å². The number of thioether (sulfide) groups is 1. The molecule has 2 rings (SSSR count). The molecular formula is C23H32O6S. The van der Waals surface area contributed by atoms with Gasteiger partial charge in [-0.25, -0.2) is 0 Å². The summed E-state index contributed by atoms with van der Waals surface area (Å²) < 4.78 is 5.14. The van der Waals surface area contributed by atoms with Crippen LogP contribution in [0.3, 0.4) is 0 Å². The lowest BCUT2D eigenvalue weighted by molar-refractivity contribution is -0.137. The number of rotatable bonds is 13. The first kappa shape index (κ1) is 24.4. The quantitative estimate of drug-likeness (QED) is 0.319. The summed E-state index contributed by atoms with van der Waals surface area (Å²) in [5.41, 5.74) is 2.02. The van der Waals surface area contributed by atoms with Crippen molar-refractivity contribution >= 4 is 23.5 Å². The van der Waals surface area contributed by atoms with Gasteiger partial charge in [0.2, 0.25) is 0 Å². The number of methoxy groups -OCH3 is 1. The highest BCUT2D eigenvalue weighted by molar-refractivity contribution is 7.99. The average Bonchev–Trinajstić information content (AvgIpc) is 2.95. The Morgan fingerprint density at radius 3 is 2.77 bits per heavy atom. The van der Waals surface area contributed by atoms with Crippen LogP contribution in [-0.2, 0) is 27.4 Å². The number of carbonyl (C=O) groups excluding carboxylic acids is 1. The molecule has 0 radical (unpaired) electrons. The van der Waals surface area contributed by atoms with E-state index >= 15 is 0 Å². The lowest BCUT2D eigenvalue weighted by atomic mass is 9.88. The molecule has 0 bridgehead atoms. The van der Waals surface area contributed by atoms with Crippen LogP contribution in [0.1, 0.15) is 43.2 Å². The van der Waals surface area contributed by atoms with Crippen LogP contribution in [0.5, 0.6) is 0 Å². The molecule has 166 valence electrons. The number of carboxylic acids is 1. The standard InChI is InChI=1S/C23H32O6S/c1-29-15-17-5-2-4-16(12-17)13-18(24)7-8-19-20(22(26)14-21(19)25)9-11-30-10-3-6-23(27)28/h2,4-5,7,12,19-21,24-25H,3,6,8-11,13-15H2,1H3,(H,27,28)/b18-7-. The third kappa shape index (κ3) is 8.13. The smallest absolute Gasteiger partial charge is 0.303 e. The first-order valence-corrected chi connectivity index (χ1v) is 11.5. The fourth-order valence-electron chi connectivity index (χ4n) is 3.90. The Balaban J connectivity index is 1.85. The molecule has 1 aliphatic carbocycles. The number of benzene rings is 1. The molecule has 1 saturated carbocycles. The molecule has 0 amide bonds. The van der Waals surface area contributed by atoms with Gasteiger partial charge in [0.05, 0.1) is 18.5 Å². The highest BCUT2D eigenvalue weighted by Gasteiger charge is 2.40. The summed E-state index contributed by atoms with van der Waals surface area (Å²) in [6.07, 6.45) is 3.54. The van der Waals surface area contributed by atoms with E-state index in [4.69, 9.17) is 9.84 Å². The molecular weight excluding hydrogens is 404 g/mol. The van der Waals surface area contributed by atoms with Crippen molar-refractivity contribution in [2.24, 2.45) is 11.8 Å². The highest BCUT2D eigenvalue weighted by atomic mass is 32.2. The summed E-state index contributed by atoms with van der Waals surface area (Å²) in [5, 5.41) is 29.3. The first-order valence-electron chi connectivity index (χ1n) is 10.4. The normalized spacial score (nSPS) is 21.9. The Bertz CT molecular complexity index is 732. The Hall–Kier alpha value is -1.83.